The molecule has 3 aromatic rings. The minimum atomic E-state index is -1.07. The molecule has 0 fully saturated rings. The molecule has 1 aromatic heterocycles. The second-order valence-electron chi connectivity index (χ2n) is 6.85. The Bertz CT molecular complexity index is 1220. The van der Waals surface area contributed by atoms with E-state index in [4.69, 9.17) is 11.6 Å². The van der Waals surface area contributed by atoms with Crippen molar-refractivity contribution in [3.8, 4) is 0 Å². The summed E-state index contributed by atoms with van der Waals surface area (Å²) in [5.74, 6) is -2.70. The number of hydrogen-bond donors (Lipinski definition) is 1. The van der Waals surface area contributed by atoms with Gasteiger partial charge in [0.25, 0.3) is 5.56 Å². The molecule has 9 heteroatoms. The summed E-state index contributed by atoms with van der Waals surface area (Å²) < 4.78 is 29.8. The summed E-state index contributed by atoms with van der Waals surface area (Å²) in [7, 11) is 1.66. The van der Waals surface area contributed by atoms with Gasteiger partial charge in [-0.1, -0.05) is 53.7 Å². The smallest absolute Gasteiger partial charge is 0.279 e. The third kappa shape index (κ3) is 3.73. The quantitative estimate of drug-likeness (QED) is 0.473. The monoisotopic (exact) mass is 447 g/mol. The second kappa shape index (κ2) is 8.20. The first-order valence-corrected chi connectivity index (χ1v) is 10.4. The van der Waals surface area contributed by atoms with Crippen LogP contribution in [-0.2, 0) is 17.6 Å². The SMILES string of the molecule is Cn1c(SCc2ccccc2Cl)nc(=O)c2c1NC(=O)C[C@H]2c1cccc(F)c1F. The van der Waals surface area contributed by atoms with Crippen molar-refractivity contribution in [3.05, 3.63) is 86.2 Å². The van der Waals surface area contributed by atoms with E-state index in [9.17, 15) is 18.4 Å². The highest BCUT2D eigenvalue weighted by molar-refractivity contribution is 7.98. The topological polar surface area (TPSA) is 64.0 Å². The summed E-state index contributed by atoms with van der Waals surface area (Å²) in [5.41, 5.74) is 0.392. The summed E-state index contributed by atoms with van der Waals surface area (Å²) in [5, 5.41) is 3.66. The zero-order valence-corrected chi connectivity index (χ0v) is 17.4. The van der Waals surface area contributed by atoms with Gasteiger partial charge >= 0.3 is 0 Å². The van der Waals surface area contributed by atoms with Crippen LogP contribution in [0, 0.1) is 11.6 Å². The third-order valence-electron chi connectivity index (χ3n) is 4.97. The van der Waals surface area contributed by atoms with Crippen molar-refractivity contribution in [2.45, 2.75) is 23.2 Å². The Balaban J connectivity index is 1.76. The van der Waals surface area contributed by atoms with E-state index in [1.165, 1.54) is 23.9 Å². The fraction of sp³-hybridized carbons (Fsp3) is 0.190. The molecule has 0 aliphatic carbocycles. The van der Waals surface area contributed by atoms with Gasteiger partial charge < -0.3 is 9.88 Å². The van der Waals surface area contributed by atoms with Crippen molar-refractivity contribution in [1.82, 2.24) is 9.55 Å². The molecule has 0 unspecified atom stereocenters. The van der Waals surface area contributed by atoms with E-state index in [1.54, 1.807) is 17.7 Å². The minimum absolute atomic E-state index is 0.0403. The van der Waals surface area contributed by atoms with Gasteiger partial charge in [-0.25, -0.2) is 8.78 Å². The highest BCUT2D eigenvalue weighted by Gasteiger charge is 2.34. The molecule has 1 aliphatic heterocycles. The van der Waals surface area contributed by atoms with Crippen LogP contribution in [0.2, 0.25) is 5.02 Å². The van der Waals surface area contributed by atoms with Crippen LogP contribution < -0.4 is 10.9 Å². The number of anilines is 1. The van der Waals surface area contributed by atoms with Crippen LogP contribution in [0.5, 0.6) is 0 Å². The molecule has 5 nitrogen and oxygen atoms in total. The highest BCUT2D eigenvalue weighted by Crippen LogP contribution is 2.37. The van der Waals surface area contributed by atoms with E-state index in [-0.39, 0.29) is 29.3 Å². The first kappa shape index (κ1) is 20.6. The molecule has 2 aromatic carbocycles. The van der Waals surface area contributed by atoms with Crippen LogP contribution in [-0.4, -0.2) is 15.5 Å². The zero-order valence-electron chi connectivity index (χ0n) is 15.8. The predicted molar refractivity (Wildman–Crippen MR) is 112 cm³/mol. The number of aromatic nitrogens is 2. The molecule has 154 valence electrons. The van der Waals surface area contributed by atoms with Crippen molar-refractivity contribution >= 4 is 35.1 Å². The summed E-state index contributed by atoms with van der Waals surface area (Å²) in [6.07, 6.45) is -0.170. The Hall–Kier alpha value is -2.71. The van der Waals surface area contributed by atoms with Crippen LogP contribution in [0.25, 0.3) is 0 Å². The van der Waals surface area contributed by atoms with E-state index >= 15 is 0 Å². The number of thioether (sulfide) groups is 1. The van der Waals surface area contributed by atoms with Gasteiger partial charge in [-0.15, -0.1) is 0 Å². The number of hydrogen-bond acceptors (Lipinski definition) is 4. The Morgan fingerprint density at radius 2 is 1.97 bits per heavy atom. The van der Waals surface area contributed by atoms with E-state index < -0.39 is 23.1 Å². The molecule has 1 N–H and O–H groups in total. The number of amides is 1. The number of nitrogens with one attached hydrogen (secondary N) is 1. The van der Waals surface area contributed by atoms with E-state index in [0.717, 1.165) is 11.6 Å². The average Bonchev–Trinajstić information content (AvgIpc) is 2.72. The van der Waals surface area contributed by atoms with Crippen molar-refractivity contribution in [2.75, 3.05) is 5.32 Å². The Labute approximate surface area is 180 Å². The fourth-order valence-corrected chi connectivity index (χ4v) is 4.73. The molecule has 0 saturated carbocycles. The van der Waals surface area contributed by atoms with Gasteiger partial charge in [0.1, 0.15) is 5.82 Å². The lowest BCUT2D eigenvalue weighted by Crippen LogP contribution is -2.34. The lowest BCUT2D eigenvalue weighted by Gasteiger charge is -2.27. The molecular formula is C21H16ClF2N3O2S. The number of carbonyl (C=O) groups is 1. The Morgan fingerprint density at radius 3 is 2.73 bits per heavy atom. The van der Waals surface area contributed by atoms with Crippen LogP contribution >= 0.6 is 23.4 Å². The second-order valence-corrected chi connectivity index (χ2v) is 8.20. The van der Waals surface area contributed by atoms with E-state index in [1.807, 2.05) is 18.2 Å². The largest absolute Gasteiger partial charge is 0.312 e. The maximum atomic E-state index is 14.4. The summed E-state index contributed by atoms with van der Waals surface area (Å²) in [4.78, 5) is 29.3. The number of rotatable bonds is 4. The highest BCUT2D eigenvalue weighted by atomic mass is 35.5. The summed E-state index contributed by atoms with van der Waals surface area (Å²) >= 11 is 7.47. The van der Waals surface area contributed by atoms with Gasteiger partial charge in [-0.05, 0) is 23.3 Å². The van der Waals surface area contributed by atoms with Crippen molar-refractivity contribution in [2.24, 2.45) is 7.05 Å². The number of carbonyl (C=O) groups excluding carboxylic acids is 1. The standard InChI is InChI=1S/C21H16ClF2N3O2S/c1-27-19-17(13(9-16(28)25-19)12-6-4-8-15(23)18(12)24)20(29)26-21(27)30-10-11-5-2-3-7-14(11)22/h2-8,13H,9-10H2,1H3,(H,25,28)/t13-/m0/s1. The van der Waals surface area contributed by atoms with Crippen molar-refractivity contribution in [1.29, 1.82) is 0 Å². The lowest BCUT2D eigenvalue weighted by atomic mass is 9.86. The molecule has 0 saturated heterocycles. The maximum Gasteiger partial charge on any atom is 0.279 e. The fourth-order valence-electron chi connectivity index (χ4n) is 3.48. The summed E-state index contributed by atoms with van der Waals surface area (Å²) in [6, 6.07) is 11.1. The number of benzene rings is 2. The zero-order chi connectivity index (χ0) is 21.4. The van der Waals surface area contributed by atoms with E-state index in [0.29, 0.717) is 15.9 Å². The van der Waals surface area contributed by atoms with Gasteiger partial charge in [0.2, 0.25) is 5.91 Å². The van der Waals surface area contributed by atoms with Crippen molar-refractivity contribution < 1.29 is 13.6 Å². The molecular weight excluding hydrogens is 432 g/mol. The molecule has 1 atom stereocenters. The summed E-state index contributed by atoms with van der Waals surface area (Å²) in [6.45, 7) is 0. The lowest BCUT2D eigenvalue weighted by molar-refractivity contribution is -0.116. The molecule has 0 bridgehead atoms. The maximum absolute atomic E-state index is 14.4. The first-order chi connectivity index (χ1) is 14.4. The number of nitrogens with zero attached hydrogens (tertiary/aromatic N) is 2. The Kier molecular flexibility index (Phi) is 5.62. The van der Waals surface area contributed by atoms with Crippen LogP contribution in [0.1, 0.15) is 29.0 Å². The van der Waals surface area contributed by atoms with Crippen molar-refractivity contribution in [3.63, 3.8) is 0 Å². The predicted octanol–water partition coefficient (Wildman–Crippen LogP) is 4.48. The molecule has 0 spiro atoms. The van der Waals surface area contributed by atoms with Crippen LogP contribution in [0.3, 0.4) is 0 Å². The average molecular weight is 448 g/mol. The van der Waals surface area contributed by atoms with Gasteiger partial charge in [0.05, 0.1) is 5.56 Å². The van der Waals surface area contributed by atoms with Gasteiger partial charge in [0.15, 0.2) is 16.8 Å². The minimum Gasteiger partial charge on any atom is -0.312 e. The number of halogens is 3. The molecule has 4 rings (SSSR count). The van der Waals surface area contributed by atoms with Gasteiger partial charge in [0, 0.05) is 30.2 Å². The molecule has 1 amide bonds. The van der Waals surface area contributed by atoms with Gasteiger partial charge in [-0.2, -0.15) is 4.98 Å². The Morgan fingerprint density at radius 1 is 1.20 bits per heavy atom. The van der Waals surface area contributed by atoms with E-state index in [2.05, 4.69) is 10.3 Å². The number of fused-ring (bicyclic) bond motifs is 1. The van der Waals surface area contributed by atoms with Crippen LogP contribution in [0.15, 0.2) is 52.4 Å². The van der Waals surface area contributed by atoms with Gasteiger partial charge in [-0.3, -0.25) is 9.59 Å². The van der Waals surface area contributed by atoms with Crippen LogP contribution in [0.4, 0.5) is 14.6 Å². The molecule has 2 heterocycles. The first-order valence-electron chi connectivity index (χ1n) is 9.07. The normalized spacial score (nSPS) is 15.6. The molecule has 1 aliphatic rings. The molecule has 0 radical (unpaired) electrons. The molecule has 30 heavy (non-hydrogen) atoms. The third-order valence-corrected chi connectivity index (χ3v) is 6.42.